The van der Waals surface area contributed by atoms with Crippen LogP contribution in [0, 0.1) is 5.92 Å². The molecule has 6 heteroatoms. The second-order valence-electron chi connectivity index (χ2n) is 7.16. The Morgan fingerprint density at radius 2 is 1.72 bits per heavy atom. The first kappa shape index (κ1) is 18.8. The van der Waals surface area contributed by atoms with E-state index in [4.69, 9.17) is 18.9 Å². The highest BCUT2D eigenvalue weighted by atomic mass is 16.8. The van der Waals surface area contributed by atoms with Crippen molar-refractivity contribution in [2.75, 3.05) is 33.9 Å². The molecule has 140 valence electrons. The number of likely N-dealkylation sites (tertiary alicyclic amines) is 1. The second kappa shape index (κ2) is 7.31. The molecular weight excluding hydrogens is 322 g/mol. The van der Waals surface area contributed by atoms with Gasteiger partial charge in [0.25, 0.3) is 0 Å². The van der Waals surface area contributed by atoms with Gasteiger partial charge < -0.3 is 24.1 Å². The van der Waals surface area contributed by atoms with Gasteiger partial charge in [0.1, 0.15) is 6.10 Å². The zero-order valence-electron chi connectivity index (χ0n) is 15.5. The van der Waals surface area contributed by atoms with Gasteiger partial charge in [0.05, 0.1) is 6.10 Å². The van der Waals surface area contributed by atoms with Crippen LogP contribution in [-0.4, -0.2) is 67.7 Å². The molecule has 1 aromatic carbocycles. The van der Waals surface area contributed by atoms with Crippen LogP contribution < -0.4 is 0 Å². The molecule has 0 aromatic heterocycles. The van der Waals surface area contributed by atoms with Gasteiger partial charge in [-0.05, 0) is 19.4 Å². The van der Waals surface area contributed by atoms with Gasteiger partial charge in [-0.2, -0.15) is 0 Å². The largest absolute Gasteiger partial charge is 0.396 e. The third kappa shape index (κ3) is 3.47. The van der Waals surface area contributed by atoms with E-state index in [1.165, 1.54) is 5.56 Å². The number of methoxy groups -OCH3 is 2. The van der Waals surface area contributed by atoms with Gasteiger partial charge in [0.15, 0.2) is 0 Å². The number of nitrogens with zero attached hydrogens (tertiary/aromatic N) is 1. The first-order chi connectivity index (χ1) is 11.9. The fourth-order valence-electron chi connectivity index (χ4n) is 3.81. The Balaban J connectivity index is 1.79. The number of ether oxygens (including phenoxy) is 4. The van der Waals surface area contributed by atoms with Gasteiger partial charge in [-0.25, -0.2) is 0 Å². The summed E-state index contributed by atoms with van der Waals surface area (Å²) >= 11 is 0. The highest BCUT2D eigenvalue weighted by Gasteiger charge is 2.59. The second-order valence-corrected chi connectivity index (χ2v) is 7.16. The minimum Gasteiger partial charge on any atom is -0.396 e. The molecule has 1 N–H and O–H groups in total. The highest BCUT2D eigenvalue weighted by Crippen LogP contribution is 2.42. The Labute approximate surface area is 149 Å². The fourth-order valence-corrected chi connectivity index (χ4v) is 3.81. The number of aliphatic hydroxyl groups excluding tert-OH is 1. The van der Waals surface area contributed by atoms with E-state index in [9.17, 15) is 5.11 Å². The molecule has 3 rings (SSSR count). The molecule has 2 heterocycles. The van der Waals surface area contributed by atoms with E-state index in [0.29, 0.717) is 0 Å². The third-order valence-electron chi connectivity index (χ3n) is 5.59. The normalized spacial score (nSPS) is 39.2. The van der Waals surface area contributed by atoms with Crippen LogP contribution in [0.1, 0.15) is 19.4 Å². The topological polar surface area (TPSA) is 60.4 Å². The lowest BCUT2D eigenvalue weighted by molar-refractivity contribution is -0.457. The lowest BCUT2D eigenvalue weighted by atomic mass is 9.89. The summed E-state index contributed by atoms with van der Waals surface area (Å²) in [6.07, 6.45) is -0.423. The lowest BCUT2D eigenvalue weighted by Gasteiger charge is -2.56. The molecule has 1 aromatic rings. The Kier molecular flexibility index (Phi) is 5.48. The van der Waals surface area contributed by atoms with Crippen LogP contribution in [0.5, 0.6) is 0 Å². The minimum atomic E-state index is -1.03. The molecule has 2 fully saturated rings. The van der Waals surface area contributed by atoms with Gasteiger partial charge in [0, 0.05) is 46.4 Å². The van der Waals surface area contributed by atoms with E-state index in [1.807, 2.05) is 32.0 Å². The molecule has 6 nitrogen and oxygen atoms in total. The molecular formula is C19H29NO5. The lowest BCUT2D eigenvalue weighted by Crippen LogP contribution is -2.70. The van der Waals surface area contributed by atoms with Gasteiger partial charge in [-0.15, -0.1) is 0 Å². The van der Waals surface area contributed by atoms with Crippen molar-refractivity contribution in [2.24, 2.45) is 5.92 Å². The van der Waals surface area contributed by atoms with Crippen molar-refractivity contribution in [1.29, 1.82) is 0 Å². The summed E-state index contributed by atoms with van der Waals surface area (Å²) in [6, 6.07) is 10.3. The third-order valence-corrected chi connectivity index (χ3v) is 5.59. The van der Waals surface area contributed by atoms with Gasteiger partial charge >= 0.3 is 0 Å². The molecule has 25 heavy (non-hydrogen) atoms. The van der Waals surface area contributed by atoms with Crippen LogP contribution >= 0.6 is 0 Å². The van der Waals surface area contributed by atoms with Crippen LogP contribution in [0.4, 0.5) is 0 Å². The quantitative estimate of drug-likeness (QED) is 0.870. The van der Waals surface area contributed by atoms with Crippen LogP contribution in [0.15, 0.2) is 30.3 Å². The van der Waals surface area contributed by atoms with Crippen molar-refractivity contribution in [2.45, 2.75) is 44.2 Å². The SMILES string of the molecule is CO[C@@]1(C)O[C@@H]2C(CO)CN(Cc3ccccc3)C[C@H]2O[C@]1(C)OC. The molecule has 0 spiro atoms. The summed E-state index contributed by atoms with van der Waals surface area (Å²) < 4.78 is 23.8. The number of benzene rings is 1. The molecule has 0 saturated carbocycles. The summed E-state index contributed by atoms with van der Waals surface area (Å²) in [6.45, 7) is 5.97. The number of piperidine rings is 1. The summed E-state index contributed by atoms with van der Waals surface area (Å²) in [4.78, 5) is 2.30. The van der Waals surface area contributed by atoms with Crippen LogP contribution in [-0.2, 0) is 25.5 Å². The fraction of sp³-hybridized carbons (Fsp3) is 0.684. The van der Waals surface area contributed by atoms with Crippen molar-refractivity contribution >= 4 is 0 Å². The molecule has 0 bridgehead atoms. The molecule has 2 aliphatic rings. The standard InChI is InChI=1S/C19H29NO5/c1-18(22-3)19(2,23-4)25-17-15(13-21)11-20(12-16(17)24-18)10-14-8-6-5-7-9-14/h5-9,15-17,21H,10-13H2,1-4H3/t15?,16-,17-,18+,19+/m1/s1. The van der Waals surface area contributed by atoms with E-state index in [-0.39, 0.29) is 24.7 Å². The Morgan fingerprint density at radius 1 is 1.08 bits per heavy atom. The van der Waals surface area contributed by atoms with Gasteiger partial charge in [-0.3, -0.25) is 4.90 Å². The number of aliphatic hydroxyl groups is 1. The number of hydrogen-bond donors (Lipinski definition) is 1. The van der Waals surface area contributed by atoms with Gasteiger partial charge in [0.2, 0.25) is 11.6 Å². The Bertz CT molecular complexity index is 570. The molecule has 0 radical (unpaired) electrons. The minimum absolute atomic E-state index is 0.0410. The van der Waals surface area contributed by atoms with Crippen LogP contribution in [0.25, 0.3) is 0 Å². The maximum absolute atomic E-state index is 9.91. The Hall–Kier alpha value is -1.02. The average Bonchev–Trinajstić information content (AvgIpc) is 2.63. The van der Waals surface area contributed by atoms with Crippen LogP contribution in [0.2, 0.25) is 0 Å². The predicted octanol–water partition coefficient (Wildman–Crippen LogP) is 1.62. The van der Waals surface area contributed by atoms with Gasteiger partial charge in [-0.1, -0.05) is 30.3 Å². The van der Waals surface area contributed by atoms with E-state index in [1.54, 1.807) is 14.2 Å². The summed E-state index contributed by atoms with van der Waals surface area (Å²) in [5, 5.41) is 9.91. The number of fused-ring (bicyclic) bond motifs is 1. The first-order valence-corrected chi connectivity index (χ1v) is 8.77. The summed E-state index contributed by atoms with van der Waals surface area (Å²) in [7, 11) is 3.18. The maximum Gasteiger partial charge on any atom is 0.220 e. The van der Waals surface area contributed by atoms with E-state index in [2.05, 4.69) is 17.0 Å². The van der Waals surface area contributed by atoms with Crippen molar-refractivity contribution in [1.82, 2.24) is 4.90 Å². The van der Waals surface area contributed by atoms with Crippen molar-refractivity contribution in [3.05, 3.63) is 35.9 Å². The summed E-state index contributed by atoms with van der Waals surface area (Å²) in [5.41, 5.74) is 1.24. The maximum atomic E-state index is 9.91. The highest BCUT2D eigenvalue weighted by molar-refractivity contribution is 5.15. The smallest absolute Gasteiger partial charge is 0.220 e. The zero-order valence-corrected chi connectivity index (χ0v) is 15.5. The van der Waals surface area contributed by atoms with E-state index >= 15 is 0 Å². The molecule has 0 aliphatic carbocycles. The predicted molar refractivity (Wildman–Crippen MR) is 92.9 cm³/mol. The van der Waals surface area contributed by atoms with E-state index < -0.39 is 11.6 Å². The number of rotatable bonds is 5. The van der Waals surface area contributed by atoms with E-state index in [0.717, 1.165) is 19.6 Å². The van der Waals surface area contributed by atoms with Crippen molar-refractivity contribution < 1.29 is 24.1 Å². The summed E-state index contributed by atoms with van der Waals surface area (Å²) in [5.74, 6) is -2.09. The molecule has 5 atom stereocenters. The monoisotopic (exact) mass is 351 g/mol. The Morgan fingerprint density at radius 3 is 2.32 bits per heavy atom. The molecule has 1 unspecified atom stereocenters. The van der Waals surface area contributed by atoms with Crippen LogP contribution in [0.3, 0.4) is 0 Å². The zero-order chi connectivity index (χ0) is 18.1. The molecule has 0 amide bonds. The average molecular weight is 351 g/mol. The van der Waals surface area contributed by atoms with Crippen molar-refractivity contribution in [3.8, 4) is 0 Å². The van der Waals surface area contributed by atoms with Crippen molar-refractivity contribution in [3.63, 3.8) is 0 Å². The number of hydrogen-bond acceptors (Lipinski definition) is 6. The molecule has 2 aliphatic heterocycles. The first-order valence-electron chi connectivity index (χ1n) is 8.77. The molecule has 2 saturated heterocycles.